The van der Waals surface area contributed by atoms with Gasteiger partial charge in [0.2, 0.25) is 5.12 Å². The van der Waals surface area contributed by atoms with Gasteiger partial charge in [-0.3, -0.25) is 0 Å². The summed E-state index contributed by atoms with van der Waals surface area (Å²) in [5.41, 5.74) is 0. The quantitative estimate of drug-likeness (QED) is 0.500. The molecule has 0 saturated carbocycles. The van der Waals surface area contributed by atoms with E-state index in [4.69, 9.17) is 9.47 Å². The van der Waals surface area contributed by atoms with Crippen LogP contribution in [-0.4, -0.2) is 23.1 Å². The van der Waals surface area contributed by atoms with Crippen molar-refractivity contribution in [2.24, 2.45) is 0 Å². The van der Waals surface area contributed by atoms with Crippen LogP contribution in [0, 0.1) is 0 Å². The molecule has 0 saturated heterocycles. The van der Waals surface area contributed by atoms with Crippen LogP contribution in [0.1, 0.15) is 33.6 Å². The van der Waals surface area contributed by atoms with Gasteiger partial charge in [0.15, 0.2) is 6.29 Å². The van der Waals surface area contributed by atoms with E-state index in [1.54, 1.807) is 13.8 Å². The van der Waals surface area contributed by atoms with Crippen molar-refractivity contribution in [2.75, 3.05) is 6.61 Å². The van der Waals surface area contributed by atoms with Crippen LogP contribution in [0.3, 0.4) is 0 Å². The standard InChI is InChI=1S/C8H18O3S/c1-4-6-10-7(3)11-8(9,12)5-2/h7,9,12H,4-6H2,1-3H3. The lowest BCUT2D eigenvalue weighted by atomic mass is 10.4. The van der Waals surface area contributed by atoms with Gasteiger partial charge < -0.3 is 14.6 Å². The molecule has 3 nitrogen and oxygen atoms in total. The maximum absolute atomic E-state index is 9.35. The summed E-state index contributed by atoms with van der Waals surface area (Å²) in [6.45, 7) is 6.18. The number of aliphatic hydroxyl groups is 1. The molecule has 0 aliphatic heterocycles. The Bertz CT molecular complexity index is 117. The molecule has 0 spiro atoms. The Kier molecular flexibility index (Phi) is 5.92. The number of thiol groups is 1. The first-order valence-electron chi connectivity index (χ1n) is 4.26. The summed E-state index contributed by atoms with van der Waals surface area (Å²) < 4.78 is 10.3. The van der Waals surface area contributed by atoms with Crippen LogP contribution in [0.2, 0.25) is 0 Å². The highest BCUT2D eigenvalue weighted by atomic mass is 32.1. The van der Waals surface area contributed by atoms with Gasteiger partial charge in [-0.2, -0.15) is 0 Å². The molecule has 0 aliphatic rings. The largest absolute Gasteiger partial charge is 0.357 e. The Hall–Kier alpha value is 0.230. The van der Waals surface area contributed by atoms with Crippen LogP contribution in [-0.2, 0) is 9.47 Å². The molecule has 0 fully saturated rings. The highest BCUT2D eigenvalue weighted by Gasteiger charge is 2.22. The first kappa shape index (κ1) is 12.2. The third-order valence-corrected chi connectivity index (χ3v) is 1.79. The fraction of sp³-hybridized carbons (Fsp3) is 1.00. The predicted octanol–water partition coefficient (Wildman–Crippen LogP) is 1.76. The number of hydrogen-bond acceptors (Lipinski definition) is 4. The lowest BCUT2D eigenvalue weighted by Crippen LogP contribution is -2.30. The van der Waals surface area contributed by atoms with Crippen LogP contribution in [0.4, 0.5) is 0 Å². The third kappa shape index (κ3) is 5.83. The highest BCUT2D eigenvalue weighted by Crippen LogP contribution is 2.18. The lowest BCUT2D eigenvalue weighted by Gasteiger charge is -2.25. The molecule has 0 rings (SSSR count). The van der Waals surface area contributed by atoms with Crippen molar-refractivity contribution in [2.45, 2.75) is 45.0 Å². The van der Waals surface area contributed by atoms with Crippen molar-refractivity contribution in [1.82, 2.24) is 0 Å². The second-order valence-electron chi connectivity index (χ2n) is 2.65. The fourth-order valence-electron chi connectivity index (χ4n) is 0.667. The van der Waals surface area contributed by atoms with Gasteiger partial charge in [-0.15, -0.1) is 12.6 Å². The molecule has 2 atom stereocenters. The van der Waals surface area contributed by atoms with Crippen molar-refractivity contribution in [3.05, 3.63) is 0 Å². The molecule has 12 heavy (non-hydrogen) atoms. The molecule has 0 amide bonds. The van der Waals surface area contributed by atoms with E-state index in [1.807, 2.05) is 6.92 Å². The predicted molar refractivity (Wildman–Crippen MR) is 51.0 cm³/mol. The molecular weight excluding hydrogens is 176 g/mol. The molecule has 2 unspecified atom stereocenters. The first-order chi connectivity index (χ1) is 5.52. The Balaban J connectivity index is 3.60. The topological polar surface area (TPSA) is 38.7 Å². The van der Waals surface area contributed by atoms with E-state index in [1.165, 1.54) is 0 Å². The molecule has 0 aliphatic carbocycles. The van der Waals surface area contributed by atoms with Gasteiger partial charge in [-0.05, 0) is 13.3 Å². The number of ether oxygens (including phenoxy) is 2. The second kappa shape index (κ2) is 5.80. The van der Waals surface area contributed by atoms with Crippen LogP contribution in [0.25, 0.3) is 0 Å². The molecule has 0 heterocycles. The Morgan fingerprint density at radius 2 is 2.08 bits per heavy atom. The zero-order chi connectivity index (χ0) is 9.61. The average molecular weight is 194 g/mol. The molecule has 0 radical (unpaired) electrons. The van der Waals surface area contributed by atoms with Crippen LogP contribution in [0.5, 0.6) is 0 Å². The van der Waals surface area contributed by atoms with Gasteiger partial charge in [0.05, 0.1) is 0 Å². The Labute approximate surface area is 79.5 Å². The van der Waals surface area contributed by atoms with Crippen LogP contribution < -0.4 is 0 Å². The van der Waals surface area contributed by atoms with Gasteiger partial charge in [0, 0.05) is 13.0 Å². The minimum Gasteiger partial charge on any atom is -0.357 e. The minimum absolute atomic E-state index is 0.410. The molecular formula is C8H18O3S. The van der Waals surface area contributed by atoms with Gasteiger partial charge >= 0.3 is 0 Å². The molecule has 4 heteroatoms. The van der Waals surface area contributed by atoms with Gasteiger partial charge in [-0.1, -0.05) is 13.8 Å². The monoisotopic (exact) mass is 194 g/mol. The first-order valence-corrected chi connectivity index (χ1v) is 4.70. The maximum Gasteiger partial charge on any atom is 0.214 e. The van der Waals surface area contributed by atoms with Gasteiger partial charge in [0.1, 0.15) is 0 Å². The molecule has 0 bridgehead atoms. The summed E-state index contributed by atoms with van der Waals surface area (Å²) in [7, 11) is 0. The second-order valence-corrected chi connectivity index (χ2v) is 3.35. The van der Waals surface area contributed by atoms with Crippen molar-refractivity contribution >= 4 is 12.6 Å². The number of rotatable bonds is 6. The van der Waals surface area contributed by atoms with Crippen molar-refractivity contribution in [1.29, 1.82) is 0 Å². The zero-order valence-corrected chi connectivity index (χ0v) is 8.80. The minimum atomic E-state index is -1.37. The molecule has 0 aromatic carbocycles. The van der Waals surface area contributed by atoms with Crippen molar-refractivity contribution in [3.8, 4) is 0 Å². The Morgan fingerprint density at radius 1 is 1.50 bits per heavy atom. The average Bonchev–Trinajstić information content (AvgIpc) is 2.00. The normalized spacial score (nSPS) is 18.8. The molecule has 0 aromatic heterocycles. The van der Waals surface area contributed by atoms with E-state index in [2.05, 4.69) is 12.6 Å². The van der Waals surface area contributed by atoms with Crippen LogP contribution >= 0.6 is 12.6 Å². The van der Waals surface area contributed by atoms with E-state index in [0.29, 0.717) is 13.0 Å². The Morgan fingerprint density at radius 3 is 2.50 bits per heavy atom. The van der Waals surface area contributed by atoms with Crippen molar-refractivity contribution < 1.29 is 14.6 Å². The van der Waals surface area contributed by atoms with E-state index in [9.17, 15) is 5.11 Å². The van der Waals surface area contributed by atoms with Crippen molar-refractivity contribution in [3.63, 3.8) is 0 Å². The zero-order valence-electron chi connectivity index (χ0n) is 7.91. The molecule has 1 N–H and O–H groups in total. The van der Waals surface area contributed by atoms with E-state index in [-0.39, 0.29) is 0 Å². The summed E-state index contributed by atoms with van der Waals surface area (Å²) in [6.07, 6.45) is 0.952. The summed E-state index contributed by atoms with van der Waals surface area (Å²) in [5.74, 6) is 0. The summed E-state index contributed by atoms with van der Waals surface area (Å²) in [4.78, 5) is 0. The highest BCUT2D eigenvalue weighted by molar-refractivity contribution is 7.81. The lowest BCUT2D eigenvalue weighted by molar-refractivity contribution is -0.238. The molecule has 74 valence electrons. The van der Waals surface area contributed by atoms with E-state index < -0.39 is 11.4 Å². The summed E-state index contributed by atoms with van der Waals surface area (Å²) in [6, 6.07) is 0. The van der Waals surface area contributed by atoms with Gasteiger partial charge in [0.25, 0.3) is 0 Å². The van der Waals surface area contributed by atoms with E-state index >= 15 is 0 Å². The number of hydrogen-bond donors (Lipinski definition) is 2. The van der Waals surface area contributed by atoms with Crippen LogP contribution in [0.15, 0.2) is 0 Å². The third-order valence-electron chi connectivity index (χ3n) is 1.37. The summed E-state index contributed by atoms with van der Waals surface area (Å²) in [5, 5.41) is 7.99. The maximum atomic E-state index is 9.35. The van der Waals surface area contributed by atoms with E-state index in [0.717, 1.165) is 6.42 Å². The van der Waals surface area contributed by atoms with Gasteiger partial charge in [-0.25, -0.2) is 0 Å². The SMILES string of the molecule is CCCOC(C)OC(O)(S)CC. The molecule has 0 aromatic rings. The fourth-order valence-corrected chi connectivity index (χ4v) is 0.815. The summed E-state index contributed by atoms with van der Waals surface area (Å²) >= 11 is 3.90. The smallest absolute Gasteiger partial charge is 0.214 e.